The summed E-state index contributed by atoms with van der Waals surface area (Å²) >= 11 is 0. The number of hydrogen-bond donors (Lipinski definition) is 1. The summed E-state index contributed by atoms with van der Waals surface area (Å²) in [5, 5.41) is 1.05. The Hall–Kier alpha value is -3.54. The average molecular weight is 452 g/mol. The Morgan fingerprint density at radius 3 is 2.47 bits per heavy atom. The van der Waals surface area contributed by atoms with E-state index in [2.05, 4.69) is 54.1 Å². The second-order valence-corrected chi connectivity index (χ2v) is 8.94. The van der Waals surface area contributed by atoms with Crippen LogP contribution in [0.1, 0.15) is 27.0 Å². The van der Waals surface area contributed by atoms with Crippen molar-refractivity contribution >= 4 is 16.8 Å². The number of pyridine rings is 1. The van der Waals surface area contributed by atoms with Crippen molar-refractivity contribution < 1.29 is 9.53 Å². The molecule has 1 aliphatic rings. The molecule has 1 saturated heterocycles. The van der Waals surface area contributed by atoms with Crippen LogP contribution in [0.4, 0.5) is 0 Å². The van der Waals surface area contributed by atoms with Crippen LogP contribution < -0.4 is 5.73 Å². The Morgan fingerprint density at radius 2 is 1.74 bits per heavy atom. The number of carbonyl (C=O) groups is 1. The second kappa shape index (κ2) is 9.37. The van der Waals surface area contributed by atoms with Crippen molar-refractivity contribution in [1.29, 1.82) is 0 Å². The van der Waals surface area contributed by atoms with Gasteiger partial charge in [-0.2, -0.15) is 0 Å². The highest BCUT2D eigenvalue weighted by molar-refractivity contribution is 6.07. The Kier molecular flexibility index (Phi) is 6.14. The third-order valence-corrected chi connectivity index (χ3v) is 6.71. The largest absolute Gasteiger partial charge is 0.379 e. The summed E-state index contributed by atoms with van der Waals surface area (Å²) in [5.74, 6) is -0.429. The number of carbonyl (C=O) groups excluding carboxylic acids is 1. The van der Waals surface area contributed by atoms with Crippen molar-refractivity contribution in [1.82, 2.24) is 9.88 Å². The fraction of sp³-hybridized carbons (Fsp3) is 0.241. The summed E-state index contributed by atoms with van der Waals surface area (Å²) in [7, 11) is 0. The molecular formula is C29H29N3O2. The van der Waals surface area contributed by atoms with Gasteiger partial charge in [0.25, 0.3) is 0 Å². The molecule has 0 radical (unpaired) electrons. The Bertz CT molecular complexity index is 1360. The van der Waals surface area contributed by atoms with Crippen molar-refractivity contribution in [3.05, 3.63) is 89.1 Å². The molecule has 5 heteroatoms. The molecule has 0 spiro atoms. The van der Waals surface area contributed by atoms with E-state index in [4.69, 9.17) is 10.5 Å². The van der Waals surface area contributed by atoms with Gasteiger partial charge in [0.15, 0.2) is 0 Å². The summed E-state index contributed by atoms with van der Waals surface area (Å²) in [5.41, 5.74) is 15.0. The Morgan fingerprint density at radius 1 is 1.00 bits per heavy atom. The van der Waals surface area contributed by atoms with Crippen molar-refractivity contribution in [2.24, 2.45) is 5.73 Å². The number of aryl methyl sites for hydroxylation is 2. The minimum absolute atomic E-state index is 0.429. The van der Waals surface area contributed by atoms with E-state index in [-0.39, 0.29) is 0 Å². The van der Waals surface area contributed by atoms with Gasteiger partial charge >= 0.3 is 0 Å². The maximum atomic E-state index is 12.1. The van der Waals surface area contributed by atoms with Gasteiger partial charge in [-0.3, -0.25) is 14.7 Å². The van der Waals surface area contributed by atoms with Crippen LogP contribution in [-0.2, 0) is 11.3 Å². The first kappa shape index (κ1) is 22.3. The molecule has 1 aromatic heterocycles. The fourth-order valence-corrected chi connectivity index (χ4v) is 5.08. The highest BCUT2D eigenvalue weighted by Crippen LogP contribution is 2.38. The van der Waals surface area contributed by atoms with Gasteiger partial charge in [-0.05, 0) is 71.0 Å². The van der Waals surface area contributed by atoms with Gasteiger partial charge in [-0.1, -0.05) is 42.5 Å². The number of fused-ring (bicyclic) bond motifs is 1. The summed E-state index contributed by atoms with van der Waals surface area (Å²) in [6.45, 7) is 8.79. The van der Waals surface area contributed by atoms with E-state index in [0.29, 0.717) is 5.56 Å². The van der Waals surface area contributed by atoms with Crippen molar-refractivity contribution in [2.45, 2.75) is 20.4 Å². The number of primary amides is 1. The predicted octanol–water partition coefficient (Wildman–Crippen LogP) is 5.12. The monoisotopic (exact) mass is 451 g/mol. The van der Waals surface area contributed by atoms with Crippen molar-refractivity contribution in [3.8, 4) is 22.3 Å². The van der Waals surface area contributed by atoms with Gasteiger partial charge in [0.05, 0.1) is 18.7 Å². The van der Waals surface area contributed by atoms with Gasteiger partial charge in [0, 0.05) is 36.8 Å². The first-order chi connectivity index (χ1) is 16.5. The SMILES string of the molecule is Cc1cc2nccc(-c3ccccc3C(N)=O)c2c(C)c1-c1ccc(CN2CCOCC2)cc1. The number of nitrogens with zero attached hydrogens (tertiary/aromatic N) is 2. The van der Waals surface area contributed by atoms with E-state index < -0.39 is 5.91 Å². The van der Waals surface area contributed by atoms with Gasteiger partial charge < -0.3 is 10.5 Å². The first-order valence-corrected chi connectivity index (χ1v) is 11.7. The quantitative estimate of drug-likeness (QED) is 0.457. The number of rotatable bonds is 5. The third-order valence-electron chi connectivity index (χ3n) is 6.71. The number of morpholine rings is 1. The number of aromatic nitrogens is 1. The summed E-state index contributed by atoms with van der Waals surface area (Å²) in [6.07, 6.45) is 1.80. The maximum Gasteiger partial charge on any atom is 0.249 e. The van der Waals surface area contributed by atoms with Crippen LogP contribution in [0.5, 0.6) is 0 Å². The van der Waals surface area contributed by atoms with Crippen LogP contribution in [0, 0.1) is 13.8 Å². The molecule has 1 amide bonds. The normalized spacial score (nSPS) is 14.4. The molecule has 2 N–H and O–H groups in total. The van der Waals surface area contributed by atoms with E-state index >= 15 is 0 Å². The van der Waals surface area contributed by atoms with E-state index in [1.54, 1.807) is 12.3 Å². The lowest BCUT2D eigenvalue weighted by atomic mass is 9.88. The minimum Gasteiger partial charge on any atom is -0.379 e. The molecule has 1 aliphatic heterocycles. The summed E-state index contributed by atoms with van der Waals surface area (Å²) < 4.78 is 5.47. The van der Waals surface area contributed by atoms with Crippen LogP contribution in [0.25, 0.3) is 33.2 Å². The molecule has 0 atom stereocenters. The topological polar surface area (TPSA) is 68.5 Å². The summed E-state index contributed by atoms with van der Waals surface area (Å²) in [6, 6.07) is 20.5. The maximum absolute atomic E-state index is 12.1. The molecule has 5 rings (SSSR count). The molecular weight excluding hydrogens is 422 g/mol. The van der Waals surface area contributed by atoms with Gasteiger partial charge in [0.1, 0.15) is 0 Å². The van der Waals surface area contributed by atoms with Crippen molar-refractivity contribution in [2.75, 3.05) is 26.3 Å². The molecule has 1 fully saturated rings. The lowest BCUT2D eigenvalue weighted by Crippen LogP contribution is -2.35. The summed E-state index contributed by atoms with van der Waals surface area (Å²) in [4.78, 5) is 19.2. The van der Waals surface area contributed by atoms with Crippen LogP contribution in [-0.4, -0.2) is 42.1 Å². The van der Waals surface area contributed by atoms with E-state index in [1.165, 1.54) is 22.3 Å². The van der Waals surface area contributed by atoms with Crippen LogP contribution in [0.3, 0.4) is 0 Å². The minimum atomic E-state index is -0.429. The molecule has 2 heterocycles. The Balaban J connectivity index is 1.59. The van der Waals surface area contributed by atoms with Gasteiger partial charge in [0.2, 0.25) is 5.91 Å². The highest BCUT2D eigenvalue weighted by atomic mass is 16.5. The highest BCUT2D eigenvalue weighted by Gasteiger charge is 2.18. The second-order valence-electron chi connectivity index (χ2n) is 8.94. The van der Waals surface area contributed by atoms with E-state index in [0.717, 1.165) is 60.4 Å². The van der Waals surface area contributed by atoms with Crippen molar-refractivity contribution in [3.63, 3.8) is 0 Å². The number of benzene rings is 3. The smallest absolute Gasteiger partial charge is 0.249 e. The number of amides is 1. The fourth-order valence-electron chi connectivity index (χ4n) is 5.08. The van der Waals surface area contributed by atoms with E-state index in [9.17, 15) is 4.79 Å². The molecule has 34 heavy (non-hydrogen) atoms. The van der Waals surface area contributed by atoms with E-state index in [1.807, 2.05) is 24.3 Å². The standard InChI is InChI=1S/C29H29N3O2/c1-19-17-26-28(24(11-12-31-26)23-5-3-4-6-25(23)29(30)33)20(2)27(19)22-9-7-21(8-10-22)18-32-13-15-34-16-14-32/h3-12,17H,13-16,18H2,1-2H3,(H2,30,33). The van der Waals surface area contributed by atoms with Gasteiger partial charge in [-0.15, -0.1) is 0 Å². The molecule has 0 aliphatic carbocycles. The number of nitrogens with two attached hydrogens (primary N) is 1. The third kappa shape index (κ3) is 4.20. The van der Waals surface area contributed by atoms with Crippen LogP contribution >= 0.6 is 0 Å². The first-order valence-electron chi connectivity index (χ1n) is 11.7. The van der Waals surface area contributed by atoms with Crippen LogP contribution in [0.2, 0.25) is 0 Å². The lowest BCUT2D eigenvalue weighted by molar-refractivity contribution is 0.0342. The average Bonchev–Trinajstić information content (AvgIpc) is 2.85. The molecule has 0 unspecified atom stereocenters. The molecule has 4 aromatic rings. The molecule has 0 bridgehead atoms. The zero-order valence-electron chi connectivity index (χ0n) is 19.7. The lowest BCUT2D eigenvalue weighted by Gasteiger charge is -2.26. The molecule has 5 nitrogen and oxygen atoms in total. The molecule has 172 valence electrons. The predicted molar refractivity (Wildman–Crippen MR) is 137 cm³/mol. The molecule has 0 saturated carbocycles. The zero-order valence-corrected chi connectivity index (χ0v) is 19.7. The van der Waals surface area contributed by atoms with Crippen LogP contribution in [0.15, 0.2) is 66.9 Å². The number of ether oxygens (including phenoxy) is 1. The number of hydrogen-bond acceptors (Lipinski definition) is 4. The Labute approximate surface area is 200 Å². The zero-order chi connectivity index (χ0) is 23.7. The van der Waals surface area contributed by atoms with Gasteiger partial charge in [-0.25, -0.2) is 0 Å². The molecule has 3 aromatic carbocycles.